The van der Waals surface area contributed by atoms with E-state index in [1.165, 1.54) is 18.9 Å². The molecule has 2 nitrogen and oxygen atoms in total. The highest BCUT2D eigenvalue weighted by molar-refractivity contribution is 14.1. The fourth-order valence-corrected chi connectivity index (χ4v) is 3.42. The number of hydrogen-bond acceptors (Lipinski definition) is 2. The maximum Gasteiger partial charge on any atom is 0.138 e. The highest BCUT2D eigenvalue weighted by Gasteiger charge is 2.36. The van der Waals surface area contributed by atoms with Crippen molar-refractivity contribution in [3.05, 3.63) is 27.6 Å². The molecule has 0 aromatic heterocycles. The van der Waals surface area contributed by atoms with Crippen molar-refractivity contribution in [2.24, 2.45) is 5.92 Å². The first-order valence-corrected chi connectivity index (χ1v) is 7.68. The molecular weight excluding hydrogens is 342 g/mol. The molecule has 18 heavy (non-hydrogen) atoms. The van der Waals surface area contributed by atoms with Gasteiger partial charge in [-0.2, -0.15) is 0 Å². The predicted octanol–water partition coefficient (Wildman–Crippen LogP) is 3.01. The predicted molar refractivity (Wildman–Crippen MR) is 80.4 cm³/mol. The molecule has 1 aliphatic carbocycles. The zero-order chi connectivity index (χ0) is 12.7. The molecule has 1 heterocycles. The average molecular weight is 360 g/mol. The lowest BCUT2D eigenvalue weighted by Gasteiger charge is -2.41. The topological polar surface area (TPSA) is 15.3 Å². The molecule has 3 rings (SSSR count). The summed E-state index contributed by atoms with van der Waals surface area (Å²) in [6, 6.07) is 6.40. The summed E-state index contributed by atoms with van der Waals surface area (Å²) in [6.07, 6.45) is 2.69. The molecule has 4 heteroatoms. The Hall–Kier alpha value is -0.360. The van der Waals surface area contributed by atoms with E-state index in [4.69, 9.17) is 0 Å². The standard InChI is InChI=1S/C14H18FIN2/c1-9-7-17-12(10-5-6-10)8-18(9)13-4-2-3-11(15)14(13)16/h2-4,9-10,12,17H,5-8H2,1H3. The first-order chi connectivity index (χ1) is 8.66. The van der Waals surface area contributed by atoms with Crippen molar-refractivity contribution >= 4 is 28.3 Å². The Morgan fingerprint density at radius 3 is 2.89 bits per heavy atom. The summed E-state index contributed by atoms with van der Waals surface area (Å²) in [6.45, 7) is 4.20. The van der Waals surface area contributed by atoms with E-state index < -0.39 is 0 Å². The number of piperazine rings is 1. The molecule has 0 bridgehead atoms. The first-order valence-electron chi connectivity index (χ1n) is 6.61. The Morgan fingerprint density at radius 2 is 2.17 bits per heavy atom. The fraction of sp³-hybridized carbons (Fsp3) is 0.571. The van der Waals surface area contributed by atoms with E-state index in [2.05, 4.69) is 39.7 Å². The van der Waals surface area contributed by atoms with Gasteiger partial charge in [-0.1, -0.05) is 6.07 Å². The lowest BCUT2D eigenvalue weighted by molar-refractivity contribution is 0.375. The molecule has 1 aromatic carbocycles. The number of halogens is 2. The quantitative estimate of drug-likeness (QED) is 0.816. The van der Waals surface area contributed by atoms with E-state index in [9.17, 15) is 4.39 Å². The van der Waals surface area contributed by atoms with Gasteiger partial charge in [-0.15, -0.1) is 0 Å². The van der Waals surface area contributed by atoms with E-state index in [-0.39, 0.29) is 5.82 Å². The van der Waals surface area contributed by atoms with Crippen LogP contribution in [-0.4, -0.2) is 25.2 Å². The lowest BCUT2D eigenvalue weighted by Crippen LogP contribution is -2.56. The van der Waals surface area contributed by atoms with Crippen LogP contribution in [0.15, 0.2) is 18.2 Å². The van der Waals surface area contributed by atoms with Gasteiger partial charge in [-0.05, 0) is 60.4 Å². The third-order valence-corrected chi connectivity index (χ3v) is 5.10. The minimum atomic E-state index is -0.109. The molecule has 1 N–H and O–H groups in total. The highest BCUT2D eigenvalue weighted by Crippen LogP contribution is 2.36. The van der Waals surface area contributed by atoms with Crippen LogP contribution in [-0.2, 0) is 0 Å². The minimum absolute atomic E-state index is 0.109. The SMILES string of the molecule is CC1CNC(C2CC2)CN1c1cccc(F)c1I. The summed E-state index contributed by atoms with van der Waals surface area (Å²) in [5, 5.41) is 3.63. The van der Waals surface area contributed by atoms with Crippen molar-refractivity contribution in [1.29, 1.82) is 0 Å². The van der Waals surface area contributed by atoms with Crippen LogP contribution in [0.5, 0.6) is 0 Å². The van der Waals surface area contributed by atoms with Gasteiger partial charge in [0, 0.05) is 25.2 Å². The zero-order valence-electron chi connectivity index (χ0n) is 10.5. The van der Waals surface area contributed by atoms with E-state index in [1.54, 1.807) is 0 Å². The van der Waals surface area contributed by atoms with Gasteiger partial charge < -0.3 is 10.2 Å². The fourth-order valence-electron chi connectivity index (χ4n) is 2.75. The second-order valence-electron chi connectivity index (χ2n) is 5.43. The van der Waals surface area contributed by atoms with Gasteiger partial charge in [0.1, 0.15) is 5.82 Å². The van der Waals surface area contributed by atoms with Crippen molar-refractivity contribution in [1.82, 2.24) is 5.32 Å². The summed E-state index contributed by atoms with van der Waals surface area (Å²) >= 11 is 2.12. The molecule has 1 saturated heterocycles. The Kier molecular flexibility index (Phi) is 3.49. The summed E-state index contributed by atoms with van der Waals surface area (Å²) in [7, 11) is 0. The van der Waals surface area contributed by atoms with Crippen LogP contribution in [0.2, 0.25) is 0 Å². The number of benzene rings is 1. The Balaban J connectivity index is 1.86. The monoisotopic (exact) mass is 360 g/mol. The molecule has 1 aliphatic heterocycles. The largest absolute Gasteiger partial charge is 0.365 e. The molecule has 1 saturated carbocycles. The molecule has 2 aliphatic rings. The van der Waals surface area contributed by atoms with E-state index in [1.807, 2.05) is 12.1 Å². The third kappa shape index (κ3) is 2.37. The van der Waals surface area contributed by atoms with Gasteiger partial charge in [-0.3, -0.25) is 0 Å². The molecular formula is C14H18FIN2. The summed E-state index contributed by atoms with van der Waals surface area (Å²) < 4.78 is 14.4. The van der Waals surface area contributed by atoms with Crippen LogP contribution in [0.25, 0.3) is 0 Å². The maximum atomic E-state index is 13.7. The molecule has 0 radical (unpaired) electrons. The van der Waals surface area contributed by atoms with Crippen LogP contribution < -0.4 is 10.2 Å². The van der Waals surface area contributed by atoms with Gasteiger partial charge in [0.25, 0.3) is 0 Å². The van der Waals surface area contributed by atoms with E-state index >= 15 is 0 Å². The van der Waals surface area contributed by atoms with Crippen molar-refractivity contribution in [2.45, 2.75) is 31.8 Å². The normalized spacial score (nSPS) is 28.5. The van der Waals surface area contributed by atoms with Gasteiger partial charge >= 0.3 is 0 Å². The number of nitrogens with zero attached hydrogens (tertiary/aromatic N) is 1. The van der Waals surface area contributed by atoms with Crippen molar-refractivity contribution < 1.29 is 4.39 Å². The number of rotatable bonds is 2. The van der Waals surface area contributed by atoms with Gasteiger partial charge in [-0.25, -0.2) is 4.39 Å². The smallest absolute Gasteiger partial charge is 0.138 e. The van der Waals surface area contributed by atoms with Crippen LogP contribution in [0.4, 0.5) is 10.1 Å². The Labute approximate surface area is 121 Å². The molecule has 1 aromatic rings. The minimum Gasteiger partial charge on any atom is -0.365 e. The summed E-state index contributed by atoms with van der Waals surface area (Å²) in [5.74, 6) is 0.730. The number of hydrogen-bond donors (Lipinski definition) is 1. The Morgan fingerprint density at radius 1 is 1.39 bits per heavy atom. The number of anilines is 1. The molecule has 2 unspecified atom stereocenters. The molecule has 2 atom stereocenters. The van der Waals surface area contributed by atoms with Gasteiger partial charge in [0.05, 0.1) is 9.26 Å². The Bertz CT molecular complexity index is 447. The van der Waals surface area contributed by atoms with Crippen LogP contribution in [0.1, 0.15) is 19.8 Å². The maximum absolute atomic E-state index is 13.7. The lowest BCUT2D eigenvalue weighted by atomic mass is 10.1. The summed E-state index contributed by atoms with van der Waals surface area (Å²) in [4.78, 5) is 2.37. The number of nitrogens with one attached hydrogen (secondary N) is 1. The van der Waals surface area contributed by atoms with Crippen molar-refractivity contribution in [2.75, 3.05) is 18.0 Å². The van der Waals surface area contributed by atoms with Crippen LogP contribution in [0.3, 0.4) is 0 Å². The van der Waals surface area contributed by atoms with Gasteiger partial charge in [0.15, 0.2) is 0 Å². The average Bonchev–Trinajstić information content (AvgIpc) is 3.18. The summed E-state index contributed by atoms with van der Waals surface area (Å²) in [5.41, 5.74) is 1.05. The molecule has 0 spiro atoms. The third-order valence-electron chi connectivity index (χ3n) is 4.03. The van der Waals surface area contributed by atoms with Crippen LogP contribution in [0, 0.1) is 15.3 Å². The molecule has 0 amide bonds. The van der Waals surface area contributed by atoms with Gasteiger partial charge in [0.2, 0.25) is 0 Å². The second kappa shape index (κ2) is 4.96. The molecule has 2 fully saturated rings. The first kappa shape index (κ1) is 12.7. The second-order valence-corrected chi connectivity index (χ2v) is 6.51. The molecule has 98 valence electrons. The van der Waals surface area contributed by atoms with E-state index in [0.29, 0.717) is 12.1 Å². The highest BCUT2D eigenvalue weighted by atomic mass is 127. The zero-order valence-corrected chi connectivity index (χ0v) is 12.7. The van der Waals surface area contributed by atoms with Crippen molar-refractivity contribution in [3.63, 3.8) is 0 Å². The van der Waals surface area contributed by atoms with Crippen LogP contribution >= 0.6 is 22.6 Å². The van der Waals surface area contributed by atoms with Crippen molar-refractivity contribution in [3.8, 4) is 0 Å². The van der Waals surface area contributed by atoms with E-state index in [0.717, 1.165) is 28.3 Å².